The molecule has 1 aromatic carbocycles. The topological polar surface area (TPSA) is 41.6 Å². The maximum Gasteiger partial charge on any atom is 0.236 e. The lowest BCUT2D eigenvalue weighted by Gasteiger charge is -2.21. The Balaban J connectivity index is 2.52. The SMILES string of the molecule is CCN(Cc1ccc(Cl)c(Cl)c1)C(=O)CNCCOC. The van der Waals surface area contributed by atoms with E-state index >= 15 is 0 Å². The molecule has 112 valence electrons. The summed E-state index contributed by atoms with van der Waals surface area (Å²) < 4.78 is 4.92. The van der Waals surface area contributed by atoms with Crippen LogP contribution in [0.1, 0.15) is 12.5 Å². The molecule has 4 nitrogen and oxygen atoms in total. The first-order valence-corrected chi connectivity index (χ1v) is 7.25. The Kier molecular flexibility index (Phi) is 7.92. The summed E-state index contributed by atoms with van der Waals surface area (Å²) in [5.74, 6) is 0.0506. The van der Waals surface area contributed by atoms with Crippen LogP contribution in [-0.4, -0.2) is 44.2 Å². The zero-order valence-electron chi connectivity index (χ0n) is 11.8. The maximum absolute atomic E-state index is 12.1. The minimum atomic E-state index is 0.0506. The molecule has 1 N–H and O–H groups in total. The quantitative estimate of drug-likeness (QED) is 0.749. The summed E-state index contributed by atoms with van der Waals surface area (Å²) in [7, 11) is 1.63. The fourth-order valence-electron chi connectivity index (χ4n) is 1.72. The number of likely N-dealkylation sites (N-methyl/N-ethyl adjacent to an activating group) is 1. The molecule has 20 heavy (non-hydrogen) atoms. The van der Waals surface area contributed by atoms with E-state index in [9.17, 15) is 4.79 Å². The molecule has 0 saturated carbocycles. The molecular formula is C14H20Cl2N2O2. The molecule has 0 aliphatic heterocycles. The van der Waals surface area contributed by atoms with Crippen molar-refractivity contribution in [2.45, 2.75) is 13.5 Å². The number of ether oxygens (including phenoxy) is 1. The molecule has 0 fully saturated rings. The van der Waals surface area contributed by atoms with Crippen LogP contribution in [0.25, 0.3) is 0 Å². The highest BCUT2D eigenvalue weighted by atomic mass is 35.5. The third-order valence-corrected chi connectivity index (χ3v) is 3.59. The average Bonchev–Trinajstić information content (AvgIpc) is 2.44. The molecule has 1 rings (SSSR count). The lowest BCUT2D eigenvalue weighted by atomic mass is 10.2. The number of methoxy groups -OCH3 is 1. The van der Waals surface area contributed by atoms with Gasteiger partial charge in [0, 0.05) is 26.7 Å². The van der Waals surface area contributed by atoms with Gasteiger partial charge in [-0.2, -0.15) is 0 Å². The van der Waals surface area contributed by atoms with Gasteiger partial charge in [0.25, 0.3) is 0 Å². The van der Waals surface area contributed by atoms with E-state index in [0.717, 1.165) is 5.56 Å². The fourth-order valence-corrected chi connectivity index (χ4v) is 2.04. The molecule has 0 aliphatic rings. The second kappa shape index (κ2) is 9.19. The summed E-state index contributed by atoms with van der Waals surface area (Å²) in [6, 6.07) is 5.41. The lowest BCUT2D eigenvalue weighted by molar-refractivity contribution is -0.130. The first-order chi connectivity index (χ1) is 9.58. The minimum absolute atomic E-state index is 0.0506. The number of hydrogen-bond donors (Lipinski definition) is 1. The van der Waals surface area contributed by atoms with Gasteiger partial charge in [0.05, 0.1) is 23.2 Å². The second-order valence-corrected chi connectivity index (χ2v) is 5.14. The fraction of sp³-hybridized carbons (Fsp3) is 0.500. The van der Waals surface area contributed by atoms with Crippen LogP contribution in [0.5, 0.6) is 0 Å². The number of benzene rings is 1. The van der Waals surface area contributed by atoms with E-state index in [1.165, 1.54) is 0 Å². The van der Waals surface area contributed by atoms with Crippen LogP contribution in [0.2, 0.25) is 10.0 Å². The van der Waals surface area contributed by atoms with Gasteiger partial charge >= 0.3 is 0 Å². The summed E-state index contributed by atoms with van der Waals surface area (Å²) in [5.41, 5.74) is 0.964. The van der Waals surface area contributed by atoms with Crippen molar-refractivity contribution in [3.8, 4) is 0 Å². The van der Waals surface area contributed by atoms with Gasteiger partial charge in [0.15, 0.2) is 0 Å². The van der Waals surface area contributed by atoms with Gasteiger partial charge in [-0.25, -0.2) is 0 Å². The second-order valence-electron chi connectivity index (χ2n) is 4.33. The van der Waals surface area contributed by atoms with E-state index in [0.29, 0.717) is 42.8 Å². The number of nitrogens with zero attached hydrogens (tertiary/aromatic N) is 1. The standard InChI is InChI=1S/C14H20Cl2N2O2/c1-3-18(14(19)9-17-6-7-20-2)10-11-4-5-12(15)13(16)8-11/h4-5,8,17H,3,6-7,9-10H2,1-2H3. The van der Waals surface area contributed by atoms with Crippen LogP contribution in [0.4, 0.5) is 0 Å². The Morgan fingerprint density at radius 2 is 2.10 bits per heavy atom. The van der Waals surface area contributed by atoms with Crippen molar-refractivity contribution < 1.29 is 9.53 Å². The highest BCUT2D eigenvalue weighted by Gasteiger charge is 2.12. The predicted molar refractivity (Wildman–Crippen MR) is 82.3 cm³/mol. The predicted octanol–water partition coefficient (Wildman–Crippen LogP) is 2.58. The van der Waals surface area contributed by atoms with E-state index in [2.05, 4.69) is 5.32 Å². The Bertz CT molecular complexity index is 441. The number of rotatable bonds is 8. The van der Waals surface area contributed by atoms with E-state index in [1.54, 1.807) is 24.1 Å². The summed E-state index contributed by atoms with van der Waals surface area (Å²) in [4.78, 5) is 13.8. The first-order valence-electron chi connectivity index (χ1n) is 6.49. The van der Waals surface area contributed by atoms with E-state index in [4.69, 9.17) is 27.9 Å². The molecule has 1 aromatic rings. The smallest absolute Gasteiger partial charge is 0.236 e. The highest BCUT2D eigenvalue weighted by molar-refractivity contribution is 6.42. The van der Waals surface area contributed by atoms with E-state index < -0.39 is 0 Å². The van der Waals surface area contributed by atoms with Crippen molar-refractivity contribution in [1.29, 1.82) is 0 Å². The third-order valence-electron chi connectivity index (χ3n) is 2.85. The first kappa shape index (κ1) is 17.2. The van der Waals surface area contributed by atoms with Gasteiger partial charge in [-0.1, -0.05) is 29.3 Å². The van der Waals surface area contributed by atoms with Crippen molar-refractivity contribution in [2.75, 3.05) is 33.4 Å². The molecule has 0 bridgehead atoms. The van der Waals surface area contributed by atoms with Gasteiger partial charge in [0.1, 0.15) is 0 Å². The summed E-state index contributed by atoms with van der Waals surface area (Å²) in [6.07, 6.45) is 0. The van der Waals surface area contributed by atoms with Gasteiger partial charge < -0.3 is 15.0 Å². The largest absolute Gasteiger partial charge is 0.383 e. The van der Waals surface area contributed by atoms with Crippen molar-refractivity contribution in [3.63, 3.8) is 0 Å². The summed E-state index contributed by atoms with van der Waals surface area (Å²) in [6.45, 7) is 4.67. The number of nitrogens with one attached hydrogen (secondary N) is 1. The number of carbonyl (C=O) groups excluding carboxylic acids is 1. The van der Waals surface area contributed by atoms with Crippen LogP contribution >= 0.6 is 23.2 Å². The number of hydrogen-bond acceptors (Lipinski definition) is 3. The Labute approximate surface area is 130 Å². The molecule has 0 heterocycles. The van der Waals surface area contributed by atoms with E-state index in [-0.39, 0.29) is 5.91 Å². The molecular weight excluding hydrogens is 299 g/mol. The molecule has 0 atom stereocenters. The van der Waals surface area contributed by atoms with Crippen molar-refractivity contribution in [1.82, 2.24) is 10.2 Å². The zero-order chi connectivity index (χ0) is 15.0. The van der Waals surface area contributed by atoms with E-state index in [1.807, 2.05) is 13.0 Å². The van der Waals surface area contributed by atoms with Crippen LogP contribution in [-0.2, 0) is 16.1 Å². The minimum Gasteiger partial charge on any atom is -0.383 e. The Morgan fingerprint density at radius 1 is 1.35 bits per heavy atom. The van der Waals surface area contributed by atoms with Crippen molar-refractivity contribution >= 4 is 29.1 Å². The molecule has 6 heteroatoms. The van der Waals surface area contributed by atoms with Crippen LogP contribution in [0, 0.1) is 0 Å². The molecule has 0 aromatic heterocycles. The average molecular weight is 319 g/mol. The van der Waals surface area contributed by atoms with Crippen molar-refractivity contribution in [3.05, 3.63) is 33.8 Å². The maximum atomic E-state index is 12.1. The molecule has 0 saturated heterocycles. The zero-order valence-corrected chi connectivity index (χ0v) is 13.3. The molecule has 1 amide bonds. The normalized spacial score (nSPS) is 10.6. The lowest BCUT2D eigenvalue weighted by Crippen LogP contribution is -2.38. The molecule has 0 spiro atoms. The van der Waals surface area contributed by atoms with Gasteiger partial charge in [-0.05, 0) is 24.6 Å². The third kappa shape index (κ3) is 5.67. The molecule has 0 aliphatic carbocycles. The van der Waals surface area contributed by atoms with Crippen LogP contribution in [0.15, 0.2) is 18.2 Å². The highest BCUT2D eigenvalue weighted by Crippen LogP contribution is 2.23. The Morgan fingerprint density at radius 3 is 2.70 bits per heavy atom. The monoisotopic (exact) mass is 318 g/mol. The molecule has 0 unspecified atom stereocenters. The van der Waals surface area contributed by atoms with Gasteiger partial charge in [0.2, 0.25) is 5.91 Å². The van der Waals surface area contributed by atoms with Gasteiger partial charge in [-0.15, -0.1) is 0 Å². The number of carbonyl (C=O) groups is 1. The van der Waals surface area contributed by atoms with Crippen molar-refractivity contribution in [2.24, 2.45) is 0 Å². The summed E-state index contributed by atoms with van der Waals surface area (Å²) in [5, 5.41) is 4.07. The van der Waals surface area contributed by atoms with Crippen LogP contribution < -0.4 is 5.32 Å². The Hall–Kier alpha value is -0.810. The summed E-state index contributed by atoms with van der Waals surface area (Å²) >= 11 is 11.9. The van der Waals surface area contributed by atoms with Gasteiger partial charge in [-0.3, -0.25) is 4.79 Å². The number of amides is 1. The number of halogens is 2. The molecule has 0 radical (unpaired) electrons. The van der Waals surface area contributed by atoms with Crippen LogP contribution in [0.3, 0.4) is 0 Å².